The summed E-state index contributed by atoms with van der Waals surface area (Å²) in [6.45, 7) is 4.13. The molecule has 0 radical (unpaired) electrons. The van der Waals surface area contributed by atoms with Crippen LogP contribution in [0.2, 0.25) is 5.02 Å². The van der Waals surface area contributed by atoms with Gasteiger partial charge in [0.25, 0.3) is 0 Å². The molecule has 200 valence electrons. The van der Waals surface area contributed by atoms with E-state index in [9.17, 15) is 5.26 Å². The fourth-order valence-electron chi connectivity index (χ4n) is 5.14. The fourth-order valence-corrected chi connectivity index (χ4v) is 5.33. The SMILES string of the molecule is CN1CCN(c2cccc(Nc3ncc4cccc(-c5cnn(C(CC#N)c6cccc(Cl)c6)c5)c4n3)c2)CC1. The Morgan fingerprint density at radius 1 is 1.00 bits per heavy atom. The Hall–Kier alpha value is -4.45. The van der Waals surface area contributed by atoms with E-state index in [0.717, 1.165) is 59.5 Å². The highest BCUT2D eigenvalue weighted by molar-refractivity contribution is 6.30. The molecule has 40 heavy (non-hydrogen) atoms. The van der Waals surface area contributed by atoms with E-state index in [1.807, 2.05) is 71.8 Å². The average Bonchev–Trinajstić information content (AvgIpc) is 3.46. The number of hydrogen-bond acceptors (Lipinski definition) is 7. The highest BCUT2D eigenvalue weighted by Crippen LogP contribution is 2.31. The first kappa shape index (κ1) is 25.8. The molecule has 3 heterocycles. The summed E-state index contributed by atoms with van der Waals surface area (Å²) < 4.78 is 1.83. The maximum Gasteiger partial charge on any atom is 0.227 e. The van der Waals surface area contributed by atoms with Crippen LogP contribution in [-0.4, -0.2) is 57.9 Å². The highest BCUT2D eigenvalue weighted by atomic mass is 35.5. The van der Waals surface area contributed by atoms with E-state index in [0.29, 0.717) is 11.0 Å². The molecular weight excluding hydrogens is 520 g/mol. The topological polar surface area (TPSA) is 85.9 Å². The van der Waals surface area contributed by atoms with E-state index in [2.05, 4.69) is 56.5 Å². The van der Waals surface area contributed by atoms with Crippen molar-refractivity contribution in [3.8, 4) is 17.2 Å². The fraction of sp³-hybridized carbons (Fsp3) is 0.226. The van der Waals surface area contributed by atoms with Crippen molar-refractivity contribution in [3.05, 3.63) is 95.9 Å². The van der Waals surface area contributed by atoms with Crippen LogP contribution in [0.4, 0.5) is 17.3 Å². The first-order valence-electron chi connectivity index (χ1n) is 13.3. The van der Waals surface area contributed by atoms with Gasteiger partial charge in [0.1, 0.15) is 0 Å². The van der Waals surface area contributed by atoms with Gasteiger partial charge in [-0.15, -0.1) is 0 Å². The molecule has 1 aliphatic rings. The molecule has 0 amide bonds. The van der Waals surface area contributed by atoms with Gasteiger partial charge in [0.05, 0.1) is 30.2 Å². The van der Waals surface area contributed by atoms with Gasteiger partial charge >= 0.3 is 0 Å². The second-order valence-electron chi connectivity index (χ2n) is 10.0. The Labute approximate surface area is 238 Å². The molecule has 1 aliphatic heterocycles. The number of rotatable bonds is 7. The standard InChI is InChI=1S/C31H29ClN8/c1-38-13-15-39(16-14-38)27-9-4-8-26(18-27)36-31-34-19-23-6-3-10-28(30(23)37-31)24-20-35-40(21-24)29(11-12-33)22-5-2-7-25(32)17-22/h2-10,17-21,29H,11,13-16H2,1H3,(H,34,36,37). The van der Waals surface area contributed by atoms with Crippen molar-refractivity contribution < 1.29 is 0 Å². The Kier molecular flexibility index (Phi) is 7.32. The van der Waals surface area contributed by atoms with Crippen molar-refractivity contribution in [2.45, 2.75) is 12.5 Å². The first-order valence-corrected chi connectivity index (χ1v) is 13.7. The van der Waals surface area contributed by atoms with Crippen LogP contribution in [0.25, 0.3) is 22.0 Å². The summed E-state index contributed by atoms with van der Waals surface area (Å²) >= 11 is 6.23. The maximum absolute atomic E-state index is 9.49. The zero-order chi connectivity index (χ0) is 27.5. The van der Waals surface area contributed by atoms with Crippen molar-refractivity contribution in [1.82, 2.24) is 24.6 Å². The highest BCUT2D eigenvalue weighted by Gasteiger charge is 2.18. The monoisotopic (exact) mass is 548 g/mol. The molecular formula is C31H29ClN8. The van der Waals surface area contributed by atoms with Crippen molar-refractivity contribution in [2.75, 3.05) is 43.4 Å². The minimum Gasteiger partial charge on any atom is -0.369 e. The van der Waals surface area contributed by atoms with Gasteiger partial charge in [0.15, 0.2) is 0 Å². The third kappa shape index (κ3) is 5.48. The first-order chi connectivity index (χ1) is 19.6. The Bertz CT molecular complexity index is 1680. The predicted molar refractivity (Wildman–Crippen MR) is 160 cm³/mol. The van der Waals surface area contributed by atoms with Gasteiger partial charge in [0.2, 0.25) is 5.95 Å². The molecule has 0 saturated carbocycles. The lowest BCUT2D eigenvalue weighted by Crippen LogP contribution is -2.44. The molecule has 1 atom stereocenters. The summed E-state index contributed by atoms with van der Waals surface area (Å²) in [6, 6.07) is 24.0. The quantitative estimate of drug-likeness (QED) is 0.261. The molecule has 5 aromatic rings. The largest absolute Gasteiger partial charge is 0.369 e. The molecule has 2 aromatic heterocycles. The summed E-state index contributed by atoms with van der Waals surface area (Å²) in [6.07, 6.45) is 5.90. The number of piperazine rings is 1. The summed E-state index contributed by atoms with van der Waals surface area (Å²) in [4.78, 5) is 14.3. The summed E-state index contributed by atoms with van der Waals surface area (Å²) in [7, 11) is 2.16. The zero-order valence-corrected chi connectivity index (χ0v) is 23.0. The van der Waals surface area contributed by atoms with Crippen LogP contribution in [0.15, 0.2) is 85.3 Å². The molecule has 3 aromatic carbocycles. The van der Waals surface area contributed by atoms with E-state index in [-0.39, 0.29) is 12.5 Å². The molecule has 0 bridgehead atoms. The molecule has 1 saturated heterocycles. The molecule has 6 rings (SSSR count). The third-order valence-electron chi connectivity index (χ3n) is 7.33. The van der Waals surface area contributed by atoms with Gasteiger partial charge in [-0.25, -0.2) is 9.97 Å². The van der Waals surface area contributed by atoms with Crippen molar-refractivity contribution in [1.29, 1.82) is 5.26 Å². The number of hydrogen-bond donors (Lipinski definition) is 1. The number of fused-ring (bicyclic) bond motifs is 1. The second kappa shape index (κ2) is 11.3. The van der Waals surface area contributed by atoms with Gasteiger partial charge in [-0.2, -0.15) is 10.4 Å². The van der Waals surface area contributed by atoms with E-state index in [1.165, 1.54) is 5.69 Å². The average molecular weight is 549 g/mol. The van der Waals surface area contributed by atoms with Gasteiger partial charge in [-0.3, -0.25) is 4.68 Å². The molecule has 9 heteroatoms. The van der Waals surface area contributed by atoms with E-state index < -0.39 is 0 Å². The molecule has 1 N–H and O–H groups in total. The molecule has 1 unspecified atom stereocenters. The van der Waals surface area contributed by atoms with E-state index in [4.69, 9.17) is 16.6 Å². The third-order valence-corrected chi connectivity index (χ3v) is 7.57. The number of nitrogens with zero attached hydrogens (tertiary/aromatic N) is 7. The number of likely N-dealkylation sites (N-methyl/N-ethyl adjacent to an activating group) is 1. The van der Waals surface area contributed by atoms with Gasteiger partial charge in [0, 0.05) is 71.5 Å². The minimum atomic E-state index is -0.244. The van der Waals surface area contributed by atoms with Crippen molar-refractivity contribution >= 4 is 39.8 Å². The zero-order valence-electron chi connectivity index (χ0n) is 22.2. The number of benzene rings is 3. The second-order valence-corrected chi connectivity index (χ2v) is 10.5. The number of para-hydroxylation sites is 1. The van der Waals surface area contributed by atoms with Crippen LogP contribution in [0.5, 0.6) is 0 Å². The number of nitrogens with one attached hydrogen (secondary N) is 1. The van der Waals surface area contributed by atoms with E-state index in [1.54, 1.807) is 0 Å². The minimum absolute atomic E-state index is 0.244. The van der Waals surface area contributed by atoms with Crippen LogP contribution < -0.4 is 10.2 Å². The lowest BCUT2D eigenvalue weighted by molar-refractivity contribution is 0.313. The maximum atomic E-state index is 9.49. The van der Waals surface area contributed by atoms with Crippen LogP contribution in [0.3, 0.4) is 0 Å². The molecule has 0 spiro atoms. The summed E-state index contributed by atoms with van der Waals surface area (Å²) in [5.74, 6) is 0.532. The van der Waals surface area contributed by atoms with Gasteiger partial charge in [-0.05, 0) is 42.9 Å². The van der Waals surface area contributed by atoms with Crippen LogP contribution in [0, 0.1) is 11.3 Å². The normalized spacial score (nSPS) is 14.7. The van der Waals surface area contributed by atoms with E-state index >= 15 is 0 Å². The van der Waals surface area contributed by atoms with Crippen LogP contribution in [-0.2, 0) is 0 Å². The van der Waals surface area contributed by atoms with Gasteiger partial charge in [-0.1, -0.05) is 48.0 Å². The summed E-state index contributed by atoms with van der Waals surface area (Å²) in [5, 5.41) is 19.1. The van der Waals surface area contributed by atoms with Crippen molar-refractivity contribution in [3.63, 3.8) is 0 Å². The number of nitriles is 1. The molecule has 0 aliphatic carbocycles. The molecule has 8 nitrogen and oxygen atoms in total. The van der Waals surface area contributed by atoms with Crippen molar-refractivity contribution in [2.24, 2.45) is 0 Å². The Morgan fingerprint density at radius 2 is 1.82 bits per heavy atom. The Morgan fingerprint density at radius 3 is 2.65 bits per heavy atom. The smallest absolute Gasteiger partial charge is 0.227 e. The predicted octanol–water partition coefficient (Wildman–Crippen LogP) is 6.15. The number of halogens is 1. The summed E-state index contributed by atoms with van der Waals surface area (Å²) in [5.41, 5.74) is 5.77. The number of anilines is 3. The van der Waals surface area contributed by atoms with Crippen LogP contribution >= 0.6 is 11.6 Å². The number of aromatic nitrogens is 4. The Balaban J connectivity index is 1.29. The lowest BCUT2D eigenvalue weighted by Gasteiger charge is -2.34. The van der Waals surface area contributed by atoms with Crippen LogP contribution in [0.1, 0.15) is 18.0 Å². The molecule has 1 fully saturated rings. The van der Waals surface area contributed by atoms with Gasteiger partial charge < -0.3 is 15.1 Å². The lowest BCUT2D eigenvalue weighted by atomic mass is 10.0.